The van der Waals surface area contributed by atoms with E-state index in [0.29, 0.717) is 0 Å². The van der Waals surface area contributed by atoms with Crippen LogP contribution in [0.2, 0.25) is 0 Å². The molecule has 3 aromatic rings. The fraction of sp³-hybridized carbons (Fsp3) is 0.286. The Hall–Kier alpha value is -3.55. The molecular weight excluding hydrogens is 444 g/mol. The highest BCUT2D eigenvalue weighted by molar-refractivity contribution is 5.88. The van der Waals surface area contributed by atoms with Gasteiger partial charge in [-0.25, -0.2) is 4.42 Å². The standard InChI is InChI=1S/C21H20O12/c22-6-15-17(28)18(29)19(30)21(33-15)32-14-5-9-10(24)3-8(23)4-13(9)31-20(14)7-1-11(25)16(27)12(26)2-7/h1-5,15,17-19,21-22,28-30H,6H2,(H4-,23,24,25,26,27)/p+1/t15-,17+,18+,19-,21+/m0/s1. The molecule has 176 valence electrons. The largest absolute Gasteiger partial charge is 0.507 e. The van der Waals surface area contributed by atoms with Crippen LogP contribution in [0.3, 0.4) is 0 Å². The Balaban J connectivity index is 1.86. The molecule has 2 heterocycles. The van der Waals surface area contributed by atoms with Crippen molar-refractivity contribution in [3.8, 4) is 45.8 Å². The highest BCUT2D eigenvalue weighted by Gasteiger charge is 2.45. The third kappa shape index (κ3) is 4.01. The lowest BCUT2D eigenvalue weighted by Gasteiger charge is -2.39. The van der Waals surface area contributed by atoms with E-state index in [4.69, 9.17) is 13.9 Å². The predicted octanol–water partition coefficient (Wildman–Crippen LogP) is 0.0876. The average Bonchev–Trinajstić information content (AvgIpc) is 2.77. The van der Waals surface area contributed by atoms with Crippen LogP contribution in [0, 0.1) is 0 Å². The molecule has 0 aliphatic carbocycles. The zero-order valence-electron chi connectivity index (χ0n) is 16.7. The normalized spacial score (nSPS) is 25.3. The molecule has 9 N–H and O–H groups in total. The molecule has 0 saturated carbocycles. The summed E-state index contributed by atoms with van der Waals surface area (Å²) in [5.74, 6) is -3.32. The molecule has 12 heteroatoms. The quantitative estimate of drug-likeness (QED) is 0.185. The van der Waals surface area contributed by atoms with Gasteiger partial charge < -0.3 is 55.4 Å². The van der Waals surface area contributed by atoms with Crippen LogP contribution in [0.1, 0.15) is 0 Å². The number of phenolic OH excluding ortho intramolecular Hbond substituents is 5. The fourth-order valence-electron chi connectivity index (χ4n) is 3.50. The van der Waals surface area contributed by atoms with Gasteiger partial charge in [-0.05, 0) is 0 Å². The van der Waals surface area contributed by atoms with E-state index in [0.717, 1.165) is 18.2 Å². The molecule has 0 spiro atoms. The van der Waals surface area contributed by atoms with Crippen LogP contribution in [-0.4, -0.2) is 83.3 Å². The Bertz CT molecular complexity index is 1170. The monoisotopic (exact) mass is 465 g/mol. The van der Waals surface area contributed by atoms with Gasteiger partial charge in [0.1, 0.15) is 41.3 Å². The topological polar surface area (TPSA) is 212 Å². The first-order chi connectivity index (χ1) is 15.6. The van der Waals surface area contributed by atoms with Crippen molar-refractivity contribution in [3.05, 3.63) is 30.3 Å². The molecule has 2 aromatic carbocycles. The summed E-state index contributed by atoms with van der Waals surface area (Å²) in [6, 6.07) is 5.51. The molecule has 1 saturated heterocycles. The minimum absolute atomic E-state index is 0.0212. The van der Waals surface area contributed by atoms with Gasteiger partial charge in [0.2, 0.25) is 12.0 Å². The Morgan fingerprint density at radius 1 is 0.818 bits per heavy atom. The van der Waals surface area contributed by atoms with Crippen LogP contribution in [0.4, 0.5) is 0 Å². The van der Waals surface area contributed by atoms with Gasteiger partial charge in [-0.3, -0.25) is 0 Å². The number of hydrogen-bond donors (Lipinski definition) is 9. The lowest BCUT2D eigenvalue weighted by Crippen LogP contribution is -2.60. The molecule has 0 amide bonds. The van der Waals surface area contributed by atoms with Crippen LogP contribution in [0.15, 0.2) is 34.7 Å². The molecule has 1 fully saturated rings. The van der Waals surface area contributed by atoms with Gasteiger partial charge in [0.05, 0.1) is 18.2 Å². The van der Waals surface area contributed by atoms with E-state index < -0.39 is 60.3 Å². The number of ether oxygens (including phenoxy) is 2. The maximum Gasteiger partial charge on any atom is 0.402 e. The van der Waals surface area contributed by atoms with Gasteiger partial charge in [-0.1, -0.05) is 0 Å². The summed E-state index contributed by atoms with van der Waals surface area (Å²) >= 11 is 0. The second-order valence-corrected chi connectivity index (χ2v) is 7.49. The van der Waals surface area contributed by atoms with Crippen LogP contribution in [0.5, 0.6) is 34.5 Å². The lowest BCUT2D eigenvalue weighted by molar-refractivity contribution is -0.277. The molecule has 5 atom stereocenters. The molecule has 0 bridgehead atoms. The van der Waals surface area contributed by atoms with E-state index in [1.54, 1.807) is 0 Å². The van der Waals surface area contributed by atoms with Crippen molar-refractivity contribution in [2.75, 3.05) is 6.61 Å². The second-order valence-electron chi connectivity index (χ2n) is 7.49. The fourth-order valence-corrected chi connectivity index (χ4v) is 3.50. The van der Waals surface area contributed by atoms with Crippen molar-refractivity contribution in [1.82, 2.24) is 0 Å². The third-order valence-electron chi connectivity index (χ3n) is 5.24. The van der Waals surface area contributed by atoms with Crippen molar-refractivity contribution >= 4 is 11.0 Å². The Kier molecular flexibility index (Phi) is 5.78. The first kappa shape index (κ1) is 22.6. The SMILES string of the molecule is OC[C@@H]1O[C@@H](Oc2cc3c(O)cc(O)cc3[o+]c2-c2cc(O)c(O)c(O)c2)[C@@H](O)[C@H](O)[C@@H]1O. The molecule has 12 nitrogen and oxygen atoms in total. The molecule has 33 heavy (non-hydrogen) atoms. The van der Waals surface area contributed by atoms with Crippen LogP contribution in [-0.2, 0) is 4.74 Å². The van der Waals surface area contributed by atoms with Crippen molar-refractivity contribution in [1.29, 1.82) is 0 Å². The van der Waals surface area contributed by atoms with Gasteiger partial charge in [0.15, 0.2) is 17.2 Å². The van der Waals surface area contributed by atoms with Gasteiger partial charge in [-0.15, -0.1) is 0 Å². The number of aliphatic hydroxyl groups is 4. The van der Waals surface area contributed by atoms with Crippen molar-refractivity contribution < 1.29 is 59.8 Å². The number of benzene rings is 2. The van der Waals surface area contributed by atoms with Gasteiger partial charge in [0.25, 0.3) is 0 Å². The highest BCUT2D eigenvalue weighted by Crippen LogP contribution is 2.44. The van der Waals surface area contributed by atoms with Crippen molar-refractivity contribution in [2.45, 2.75) is 30.7 Å². The molecule has 0 radical (unpaired) electrons. The van der Waals surface area contributed by atoms with Crippen LogP contribution < -0.4 is 4.74 Å². The predicted molar refractivity (Wildman–Crippen MR) is 109 cm³/mol. The zero-order valence-corrected chi connectivity index (χ0v) is 16.7. The Morgan fingerprint density at radius 2 is 1.48 bits per heavy atom. The first-order valence-electron chi connectivity index (χ1n) is 9.66. The number of fused-ring (bicyclic) bond motifs is 1. The Labute approximate surface area is 185 Å². The minimum atomic E-state index is -1.76. The smallest absolute Gasteiger partial charge is 0.402 e. The van der Waals surface area contributed by atoms with Crippen molar-refractivity contribution in [2.24, 2.45) is 0 Å². The Morgan fingerprint density at radius 3 is 2.12 bits per heavy atom. The number of aromatic hydroxyl groups is 5. The van der Waals surface area contributed by atoms with E-state index >= 15 is 0 Å². The van der Waals surface area contributed by atoms with E-state index in [1.165, 1.54) is 12.1 Å². The molecule has 1 aromatic heterocycles. The van der Waals surface area contributed by atoms with Gasteiger partial charge >= 0.3 is 11.3 Å². The van der Waals surface area contributed by atoms with Crippen LogP contribution >= 0.6 is 0 Å². The molecule has 0 unspecified atom stereocenters. The van der Waals surface area contributed by atoms with Crippen molar-refractivity contribution in [3.63, 3.8) is 0 Å². The maximum absolute atomic E-state index is 10.3. The number of phenols is 5. The summed E-state index contributed by atoms with van der Waals surface area (Å²) in [6.45, 7) is -0.695. The summed E-state index contributed by atoms with van der Waals surface area (Å²) in [5, 5.41) is 89.2. The lowest BCUT2D eigenvalue weighted by atomic mass is 9.99. The number of aliphatic hydroxyl groups excluding tert-OH is 4. The summed E-state index contributed by atoms with van der Waals surface area (Å²) in [5.41, 5.74) is -0.0529. The summed E-state index contributed by atoms with van der Waals surface area (Å²) < 4.78 is 16.7. The summed E-state index contributed by atoms with van der Waals surface area (Å²) in [7, 11) is 0. The van der Waals surface area contributed by atoms with Gasteiger partial charge in [0, 0.05) is 24.3 Å². The molecule has 1 aliphatic rings. The van der Waals surface area contributed by atoms with Crippen LogP contribution in [0.25, 0.3) is 22.3 Å². The molecular formula is C21H21O12+. The zero-order chi connectivity index (χ0) is 24.0. The number of hydrogen-bond acceptors (Lipinski definition) is 11. The third-order valence-corrected chi connectivity index (χ3v) is 5.24. The first-order valence-corrected chi connectivity index (χ1v) is 9.66. The maximum atomic E-state index is 10.3. The second kappa shape index (κ2) is 8.42. The minimum Gasteiger partial charge on any atom is -0.507 e. The summed E-state index contributed by atoms with van der Waals surface area (Å²) in [6.07, 6.45) is -7.99. The van der Waals surface area contributed by atoms with E-state index in [2.05, 4.69) is 0 Å². The summed E-state index contributed by atoms with van der Waals surface area (Å²) in [4.78, 5) is 0. The highest BCUT2D eigenvalue weighted by atomic mass is 16.7. The van der Waals surface area contributed by atoms with E-state index in [-0.39, 0.29) is 33.8 Å². The molecule has 1 aliphatic heterocycles. The number of rotatable bonds is 4. The van der Waals surface area contributed by atoms with E-state index in [9.17, 15) is 46.0 Å². The van der Waals surface area contributed by atoms with Gasteiger partial charge in [-0.2, -0.15) is 0 Å². The van der Waals surface area contributed by atoms with E-state index in [1.807, 2.05) is 0 Å². The molecule has 4 rings (SSSR count). The average molecular weight is 465 g/mol.